The van der Waals surface area contributed by atoms with Gasteiger partial charge in [-0.25, -0.2) is 4.59 Å². The Morgan fingerprint density at radius 3 is 2.33 bits per heavy atom. The lowest BCUT2D eigenvalue weighted by Gasteiger charge is -2.41. The molecule has 1 saturated heterocycles. The van der Waals surface area contributed by atoms with Crippen molar-refractivity contribution < 1.29 is 4.59 Å². The molecule has 1 aliphatic rings. The normalized spacial score (nSPS) is 21.2. The largest absolute Gasteiger partial charge is 0.314 e. The van der Waals surface area contributed by atoms with E-state index in [1.807, 2.05) is 0 Å². The quantitative estimate of drug-likeness (QED) is 0.616. The van der Waals surface area contributed by atoms with E-state index in [-0.39, 0.29) is 0 Å². The molecular formula is C9H22N3+. The van der Waals surface area contributed by atoms with Crippen LogP contribution in [-0.2, 0) is 0 Å². The Morgan fingerprint density at radius 2 is 1.83 bits per heavy atom. The van der Waals surface area contributed by atoms with Gasteiger partial charge in [0.25, 0.3) is 0 Å². The molecule has 0 aliphatic carbocycles. The van der Waals surface area contributed by atoms with Gasteiger partial charge in [0.05, 0.1) is 33.7 Å². The summed E-state index contributed by atoms with van der Waals surface area (Å²) in [6, 6.07) is 0. The Labute approximate surface area is 75.9 Å². The molecule has 0 bridgehead atoms. The highest BCUT2D eigenvalue weighted by Crippen LogP contribution is 2.07. The first-order valence-electron chi connectivity index (χ1n) is 4.96. The number of hydrogen-bond acceptors (Lipinski definition) is 2. The summed E-state index contributed by atoms with van der Waals surface area (Å²) in [6.07, 6.45) is 1.26. The molecule has 0 unspecified atom stereocenters. The van der Waals surface area contributed by atoms with Gasteiger partial charge in [0.15, 0.2) is 0 Å². The van der Waals surface area contributed by atoms with Gasteiger partial charge in [0.2, 0.25) is 0 Å². The van der Waals surface area contributed by atoms with E-state index in [1.165, 1.54) is 26.1 Å². The van der Waals surface area contributed by atoms with Crippen molar-refractivity contribution in [2.75, 3.05) is 46.8 Å². The maximum absolute atomic E-state index is 3.38. The van der Waals surface area contributed by atoms with Crippen molar-refractivity contribution in [2.45, 2.75) is 13.3 Å². The number of rotatable bonds is 3. The molecule has 1 heterocycles. The zero-order valence-corrected chi connectivity index (χ0v) is 8.64. The lowest BCUT2D eigenvalue weighted by Crippen LogP contribution is -2.60. The van der Waals surface area contributed by atoms with E-state index in [1.54, 1.807) is 0 Å². The summed E-state index contributed by atoms with van der Waals surface area (Å²) in [5.74, 6) is 0. The highest BCUT2D eigenvalue weighted by Gasteiger charge is 2.25. The van der Waals surface area contributed by atoms with Crippen molar-refractivity contribution in [3.05, 3.63) is 0 Å². The topological polar surface area (TPSA) is 15.3 Å². The second-order valence-electron chi connectivity index (χ2n) is 4.05. The molecule has 0 aromatic heterocycles. The summed E-state index contributed by atoms with van der Waals surface area (Å²) in [7, 11) is 4.60. The average molecular weight is 172 g/mol. The van der Waals surface area contributed by atoms with Crippen LogP contribution in [0.2, 0.25) is 0 Å². The number of quaternary nitrogens is 1. The Kier molecular flexibility index (Phi) is 3.50. The number of hydrogen-bond donors (Lipinski definition) is 1. The molecule has 0 saturated carbocycles. The van der Waals surface area contributed by atoms with Crippen LogP contribution in [0.25, 0.3) is 0 Å². The van der Waals surface area contributed by atoms with E-state index < -0.39 is 0 Å². The molecule has 1 N–H and O–H groups in total. The minimum absolute atomic E-state index is 1.05. The smallest absolute Gasteiger partial charge is 0.0957 e. The maximum atomic E-state index is 3.38. The summed E-state index contributed by atoms with van der Waals surface area (Å²) < 4.78 is 1.05. The van der Waals surface area contributed by atoms with Crippen molar-refractivity contribution in [3.8, 4) is 0 Å². The van der Waals surface area contributed by atoms with E-state index in [4.69, 9.17) is 0 Å². The van der Waals surface area contributed by atoms with Gasteiger partial charge in [-0.1, -0.05) is 6.92 Å². The molecule has 1 aliphatic heterocycles. The molecule has 0 aromatic carbocycles. The summed E-state index contributed by atoms with van der Waals surface area (Å²) in [4.78, 5) is 0. The monoisotopic (exact) mass is 172 g/mol. The second kappa shape index (κ2) is 4.21. The van der Waals surface area contributed by atoms with Gasteiger partial charge in [-0.3, -0.25) is 0 Å². The van der Waals surface area contributed by atoms with E-state index in [9.17, 15) is 0 Å². The van der Waals surface area contributed by atoms with Gasteiger partial charge in [0.1, 0.15) is 0 Å². The van der Waals surface area contributed by atoms with Crippen LogP contribution in [0.5, 0.6) is 0 Å². The molecular weight excluding hydrogens is 150 g/mol. The van der Waals surface area contributed by atoms with E-state index in [2.05, 4.69) is 31.3 Å². The van der Waals surface area contributed by atoms with Gasteiger partial charge in [-0.05, 0) is 6.42 Å². The Morgan fingerprint density at radius 1 is 1.25 bits per heavy atom. The first kappa shape index (κ1) is 9.96. The molecule has 0 spiro atoms. The van der Waals surface area contributed by atoms with Gasteiger partial charge in [0, 0.05) is 13.1 Å². The summed E-state index contributed by atoms with van der Waals surface area (Å²) in [5.41, 5.74) is 0. The summed E-state index contributed by atoms with van der Waals surface area (Å²) in [6.45, 7) is 8.17. The van der Waals surface area contributed by atoms with Gasteiger partial charge >= 0.3 is 0 Å². The van der Waals surface area contributed by atoms with Gasteiger partial charge in [-0.2, -0.15) is 5.01 Å². The first-order chi connectivity index (χ1) is 5.67. The third kappa shape index (κ3) is 2.44. The molecule has 1 rings (SSSR count). The fourth-order valence-corrected chi connectivity index (χ4v) is 1.88. The number of nitrogens with one attached hydrogen (secondary N) is 1. The molecule has 0 radical (unpaired) electrons. The highest BCUT2D eigenvalue weighted by molar-refractivity contribution is 4.60. The predicted octanol–water partition coefficient (Wildman–Crippen LogP) is 0.293. The molecule has 0 amide bonds. The van der Waals surface area contributed by atoms with E-state index in [0.717, 1.165) is 17.7 Å². The van der Waals surface area contributed by atoms with Crippen LogP contribution in [0.1, 0.15) is 13.3 Å². The molecule has 72 valence electrons. The zero-order chi connectivity index (χ0) is 9.03. The minimum atomic E-state index is 1.05. The SMILES string of the molecule is CCC[N+](C)(C)N1CCNCC1. The second-order valence-corrected chi connectivity index (χ2v) is 4.05. The molecule has 12 heavy (non-hydrogen) atoms. The Hall–Kier alpha value is -0.120. The summed E-state index contributed by atoms with van der Waals surface area (Å²) in [5, 5.41) is 5.92. The van der Waals surface area contributed by atoms with Crippen LogP contribution < -0.4 is 5.32 Å². The standard InChI is InChI=1S/C9H22N3/c1-4-9-12(2,3)11-7-5-10-6-8-11/h10H,4-9H2,1-3H3/q+1. The van der Waals surface area contributed by atoms with Crippen molar-refractivity contribution in [2.24, 2.45) is 0 Å². The van der Waals surface area contributed by atoms with Gasteiger partial charge < -0.3 is 5.32 Å². The van der Waals surface area contributed by atoms with Crippen molar-refractivity contribution >= 4 is 0 Å². The molecule has 0 aromatic rings. The third-order valence-corrected chi connectivity index (χ3v) is 2.63. The van der Waals surface area contributed by atoms with Crippen LogP contribution >= 0.6 is 0 Å². The predicted molar refractivity (Wildman–Crippen MR) is 51.7 cm³/mol. The average Bonchev–Trinajstić information content (AvgIpc) is 2.06. The van der Waals surface area contributed by atoms with E-state index in [0.29, 0.717) is 0 Å². The third-order valence-electron chi connectivity index (χ3n) is 2.63. The van der Waals surface area contributed by atoms with Crippen LogP contribution in [-0.4, -0.2) is 56.4 Å². The Balaban J connectivity index is 2.41. The summed E-state index contributed by atoms with van der Waals surface area (Å²) >= 11 is 0. The number of piperazine rings is 1. The van der Waals surface area contributed by atoms with Crippen LogP contribution in [0.4, 0.5) is 0 Å². The fourth-order valence-electron chi connectivity index (χ4n) is 1.88. The zero-order valence-electron chi connectivity index (χ0n) is 8.64. The first-order valence-corrected chi connectivity index (χ1v) is 4.96. The van der Waals surface area contributed by atoms with Crippen molar-refractivity contribution in [1.29, 1.82) is 0 Å². The lowest BCUT2D eigenvalue weighted by atomic mass is 10.4. The molecule has 3 nitrogen and oxygen atoms in total. The number of nitrogens with zero attached hydrogens (tertiary/aromatic N) is 2. The van der Waals surface area contributed by atoms with Gasteiger partial charge in [-0.15, -0.1) is 0 Å². The molecule has 3 heteroatoms. The fraction of sp³-hybridized carbons (Fsp3) is 1.00. The molecule has 1 fully saturated rings. The van der Waals surface area contributed by atoms with Crippen LogP contribution in [0.15, 0.2) is 0 Å². The maximum Gasteiger partial charge on any atom is 0.0957 e. The lowest BCUT2D eigenvalue weighted by molar-refractivity contribution is -1.00. The van der Waals surface area contributed by atoms with Crippen LogP contribution in [0.3, 0.4) is 0 Å². The highest BCUT2D eigenvalue weighted by atomic mass is 15.7. The van der Waals surface area contributed by atoms with Crippen LogP contribution in [0, 0.1) is 0 Å². The molecule has 0 atom stereocenters. The van der Waals surface area contributed by atoms with Crippen molar-refractivity contribution in [3.63, 3.8) is 0 Å². The van der Waals surface area contributed by atoms with E-state index >= 15 is 0 Å². The van der Waals surface area contributed by atoms with Crippen molar-refractivity contribution in [1.82, 2.24) is 10.3 Å². The minimum Gasteiger partial charge on any atom is -0.314 e. The Bertz CT molecular complexity index is 128.